The van der Waals surface area contributed by atoms with Crippen LogP contribution in [0.4, 0.5) is 0 Å². The third-order valence-corrected chi connectivity index (χ3v) is 3.89. The van der Waals surface area contributed by atoms with E-state index in [1.807, 2.05) is 6.07 Å². The molecule has 3 N–H and O–H groups in total. The van der Waals surface area contributed by atoms with E-state index in [0.29, 0.717) is 0 Å². The molecule has 0 bridgehead atoms. The van der Waals surface area contributed by atoms with Gasteiger partial charge in [-0.2, -0.15) is 0 Å². The predicted molar refractivity (Wildman–Crippen MR) is 70.9 cm³/mol. The van der Waals surface area contributed by atoms with Gasteiger partial charge in [-0.1, -0.05) is 30.7 Å². The summed E-state index contributed by atoms with van der Waals surface area (Å²) in [6.07, 6.45) is 7.43. The van der Waals surface area contributed by atoms with Crippen molar-refractivity contribution >= 4 is 0 Å². The van der Waals surface area contributed by atoms with Gasteiger partial charge in [-0.15, -0.1) is 0 Å². The molecule has 1 unspecified atom stereocenters. The fourth-order valence-corrected chi connectivity index (χ4v) is 2.53. The zero-order chi connectivity index (χ0) is 12.4. The summed E-state index contributed by atoms with van der Waals surface area (Å²) >= 11 is 0. The number of hydrogen-bond acceptors (Lipinski definition) is 3. The van der Waals surface area contributed by atoms with E-state index in [2.05, 4.69) is 29.7 Å². The molecular formula is C15H18N2O. The van der Waals surface area contributed by atoms with Gasteiger partial charge in [-0.25, -0.2) is 5.43 Å². The average Bonchev–Trinajstić information content (AvgIpc) is 2.84. The lowest BCUT2D eigenvalue weighted by Gasteiger charge is -2.26. The van der Waals surface area contributed by atoms with Crippen molar-refractivity contribution < 1.29 is 4.42 Å². The Balaban J connectivity index is 1.82. The average molecular weight is 242 g/mol. The lowest BCUT2D eigenvalue weighted by Crippen LogP contribution is -2.28. The van der Waals surface area contributed by atoms with Crippen LogP contribution in [0.25, 0.3) is 0 Å². The first-order chi connectivity index (χ1) is 8.88. The summed E-state index contributed by atoms with van der Waals surface area (Å²) in [5.41, 5.74) is 6.51. The van der Waals surface area contributed by atoms with E-state index in [9.17, 15) is 0 Å². The van der Waals surface area contributed by atoms with E-state index in [0.717, 1.165) is 11.5 Å². The van der Waals surface area contributed by atoms with Gasteiger partial charge in [0.15, 0.2) is 0 Å². The molecule has 0 saturated heterocycles. The number of hydrogen-bond donors (Lipinski definition) is 2. The number of rotatable bonds is 4. The van der Waals surface area contributed by atoms with Crippen molar-refractivity contribution in [3.05, 3.63) is 59.5 Å². The second-order valence-corrected chi connectivity index (χ2v) is 4.95. The maximum Gasteiger partial charge on any atom is 0.0954 e. The molecule has 1 saturated carbocycles. The first-order valence-corrected chi connectivity index (χ1v) is 6.46. The van der Waals surface area contributed by atoms with Gasteiger partial charge < -0.3 is 4.42 Å². The monoisotopic (exact) mass is 242 g/mol. The molecule has 0 spiro atoms. The molecule has 18 heavy (non-hydrogen) atoms. The molecule has 0 amide bonds. The third kappa shape index (κ3) is 2.07. The minimum atomic E-state index is -0.000749. The predicted octanol–water partition coefficient (Wildman–Crippen LogP) is 3.10. The van der Waals surface area contributed by atoms with Crippen LogP contribution in [0.2, 0.25) is 0 Å². The summed E-state index contributed by atoms with van der Waals surface area (Å²) in [6, 6.07) is 10.7. The van der Waals surface area contributed by atoms with Gasteiger partial charge in [0.05, 0.1) is 18.6 Å². The Labute approximate surface area is 107 Å². The molecule has 3 nitrogen and oxygen atoms in total. The second-order valence-electron chi connectivity index (χ2n) is 4.95. The summed E-state index contributed by atoms with van der Waals surface area (Å²) in [4.78, 5) is 0. The fourth-order valence-electron chi connectivity index (χ4n) is 2.53. The van der Waals surface area contributed by atoms with Crippen molar-refractivity contribution in [1.29, 1.82) is 0 Å². The molecule has 1 aliphatic carbocycles. The van der Waals surface area contributed by atoms with Gasteiger partial charge in [0.25, 0.3) is 0 Å². The fraction of sp³-hybridized carbons (Fsp3) is 0.333. The Morgan fingerprint density at radius 2 is 1.89 bits per heavy atom. The number of hydrazine groups is 1. The van der Waals surface area contributed by atoms with E-state index in [4.69, 9.17) is 10.3 Å². The van der Waals surface area contributed by atoms with E-state index in [-0.39, 0.29) is 6.04 Å². The Hall–Kier alpha value is -1.58. The first-order valence-electron chi connectivity index (χ1n) is 6.46. The highest BCUT2D eigenvalue weighted by Gasteiger charge is 2.20. The number of benzene rings is 1. The molecule has 2 aromatic rings. The Morgan fingerprint density at radius 1 is 1.11 bits per heavy atom. The van der Waals surface area contributed by atoms with Crippen molar-refractivity contribution in [2.24, 2.45) is 5.84 Å². The van der Waals surface area contributed by atoms with E-state index in [1.54, 1.807) is 12.5 Å². The second kappa shape index (κ2) is 4.96. The SMILES string of the molecule is NNC(c1ccc(C2CCC2)cc1)c1ccoc1. The van der Waals surface area contributed by atoms with Crippen LogP contribution >= 0.6 is 0 Å². The minimum absolute atomic E-state index is 0.000749. The summed E-state index contributed by atoms with van der Waals surface area (Å²) in [5, 5.41) is 0. The largest absolute Gasteiger partial charge is 0.472 e. The third-order valence-electron chi connectivity index (χ3n) is 3.89. The van der Waals surface area contributed by atoms with Gasteiger partial charge in [0, 0.05) is 5.56 Å². The zero-order valence-electron chi connectivity index (χ0n) is 10.3. The number of nitrogens with two attached hydrogens (primary N) is 1. The van der Waals surface area contributed by atoms with Gasteiger partial charge in [-0.05, 0) is 36.0 Å². The molecule has 1 atom stereocenters. The van der Waals surface area contributed by atoms with Crippen LogP contribution in [0, 0.1) is 0 Å². The molecule has 0 radical (unpaired) electrons. The number of nitrogens with one attached hydrogen (secondary N) is 1. The molecule has 1 aromatic heterocycles. The summed E-state index contributed by atoms with van der Waals surface area (Å²) in [6.45, 7) is 0. The molecule has 1 fully saturated rings. The van der Waals surface area contributed by atoms with Crippen molar-refractivity contribution in [2.45, 2.75) is 31.2 Å². The van der Waals surface area contributed by atoms with Crippen molar-refractivity contribution in [3.63, 3.8) is 0 Å². The molecule has 94 valence electrons. The topological polar surface area (TPSA) is 51.2 Å². The molecule has 3 heteroatoms. The van der Waals surface area contributed by atoms with Gasteiger partial charge in [0.1, 0.15) is 0 Å². The highest BCUT2D eigenvalue weighted by atomic mass is 16.3. The standard InChI is InChI=1S/C15H18N2O/c16-17-15(14-8-9-18-10-14)13-6-4-12(5-7-13)11-2-1-3-11/h4-11,15,17H,1-3,16H2. The molecule has 1 heterocycles. The molecule has 1 aliphatic rings. The summed E-state index contributed by atoms with van der Waals surface area (Å²) in [5.74, 6) is 6.41. The van der Waals surface area contributed by atoms with Crippen LogP contribution in [0.1, 0.15) is 47.9 Å². The molecule has 1 aromatic carbocycles. The van der Waals surface area contributed by atoms with Crippen molar-refractivity contribution in [1.82, 2.24) is 5.43 Å². The van der Waals surface area contributed by atoms with Crippen molar-refractivity contribution in [2.75, 3.05) is 0 Å². The maximum absolute atomic E-state index is 5.64. The first kappa shape index (κ1) is 11.5. The van der Waals surface area contributed by atoms with Crippen LogP contribution in [-0.2, 0) is 0 Å². The van der Waals surface area contributed by atoms with Crippen LogP contribution in [0.5, 0.6) is 0 Å². The van der Waals surface area contributed by atoms with Crippen molar-refractivity contribution in [3.8, 4) is 0 Å². The highest BCUT2D eigenvalue weighted by molar-refractivity contribution is 5.33. The Morgan fingerprint density at radius 3 is 2.39 bits per heavy atom. The highest BCUT2D eigenvalue weighted by Crippen LogP contribution is 2.36. The quantitative estimate of drug-likeness (QED) is 0.640. The Kier molecular flexibility index (Phi) is 3.17. The van der Waals surface area contributed by atoms with E-state index in [1.165, 1.54) is 30.4 Å². The van der Waals surface area contributed by atoms with Gasteiger partial charge in [0.2, 0.25) is 0 Å². The minimum Gasteiger partial charge on any atom is -0.472 e. The summed E-state index contributed by atoms with van der Waals surface area (Å²) < 4.78 is 5.11. The lowest BCUT2D eigenvalue weighted by molar-refractivity contribution is 0.419. The van der Waals surface area contributed by atoms with Gasteiger partial charge in [-0.3, -0.25) is 5.84 Å². The van der Waals surface area contributed by atoms with Crippen LogP contribution in [-0.4, -0.2) is 0 Å². The zero-order valence-corrected chi connectivity index (χ0v) is 10.3. The van der Waals surface area contributed by atoms with Crippen LogP contribution < -0.4 is 11.3 Å². The lowest BCUT2D eigenvalue weighted by atomic mass is 9.80. The summed E-state index contributed by atoms with van der Waals surface area (Å²) in [7, 11) is 0. The van der Waals surface area contributed by atoms with Gasteiger partial charge >= 0.3 is 0 Å². The Bertz CT molecular complexity index is 486. The van der Waals surface area contributed by atoms with E-state index >= 15 is 0 Å². The van der Waals surface area contributed by atoms with E-state index < -0.39 is 0 Å². The molecule has 0 aliphatic heterocycles. The van der Waals surface area contributed by atoms with Crippen LogP contribution in [0.3, 0.4) is 0 Å². The maximum atomic E-state index is 5.64. The van der Waals surface area contributed by atoms with Crippen LogP contribution in [0.15, 0.2) is 47.3 Å². The normalized spacial score (nSPS) is 17.4. The smallest absolute Gasteiger partial charge is 0.0954 e. The molecular weight excluding hydrogens is 224 g/mol. The number of furan rings is 1. The molecule has 3 rings (SSSR count).